The molecule has 8 aliphatic rings. The van der Waals surface area contributed by atoms with Gasteiger partial charge in [-0.15, -0.1) is 0 Å². The molecule has 6 aromatic carbocycles. The monoisotopic (exact) mass is 740 g/mol. The van der Waals surface area contributed by atoms with E-state index in [2.05, 4.69) is 183 Å². The van der Waals surface area contributed by atoms with Gasteiger partial charge in [-0.2, -0.15) is 0 Å². The highest BCUT2D eigenvalue weighted by molar-refractivity contribution is 7.50. The van der Waals surface area contributed by atoms with E-state index >= 15 is 0 Å². The standard InChI is InChI=1S/C46H48N2Si4/c1-49(2)35-17-21-43-39(27-35)41-29-37-19-23-45(41)47(43)33-13-9-11-31(25-33)15-16-32-12-10-14-34(26-32)48-44-22-18-36(50(49,3)4)28-40(44)42-30-38(20-24-46(42)48)52(7,8)51(37,5)6/h9-14,17-30H,15-16H2,1-8H3. The molecule has 0 radical (unpaired) electrons. The molecule has 8 aliphatic heterocycles. The van der Waals surface area contributed by atoms with E-state index in [-0.39, 0.29) is 0 Å². The van der Waals surface area contributed by atoms with Crippen LogP contribution in [-0.2, 0) is 12.8 Å². The summed E-state index contributed by atoms with van der Waals surface area (Å²) in [6.07, 6.45) is 2.00. The number of nitrogens with zero attached hydrogens (tertiary/aromatic N) is 2. The van der Waals surface area contributed by atoms with E-state index in [4.69, 9.17) is 0 Å². The molecule has 0 spiro atoms. The molecule has 16 rings (SSSR count). The van der Waals surface area contributed by atoms with Crippen LogP contribution in [0.5, 0.6) is 0 Å². The predicted octanol–water partition coefficient (Wildman–Crippen LogP) is 9.51. The first kappa shape index (κ1) is 32.4. The molecule has 2 aromatic heterocycles. The minimum atomic E-state index is -1.97. The maximum atomic E-state index is 2.66. The van der Waals surface area contributed by atoms with Crippen molar-refractivity contribution in [1.29, 1.82) is 0 Å². The summed E-state index contributed by atoms with van der Waals surface area (Å²) >= 11 is 0. The van der Waals surface area contributed by atoms with Gasteiger partial charge in [-0.05, 0) is 72.5 Å². The summed E-state index contributed by atoms with van der Waals surface area (Å²) in [4.78, 5) is 0. The number of aryl methyl sites for hydroxylation is 2. The number of hydrogen-bond donors (Lipinski definition) is 0. The normalized spacial score (nSPS) is 18.1. The van der Waals surface area contributed by atoms with Gasteiger partial charge in [0.2, 0.25) is 0 Å². The van der Waals surface area contributed by atoms with Crippen molar-refractivity contribution >= 4 is 94.7 Å². The lowest BCUT2D eigenvalue weighted by Gasteiger charge is -2.40. The Labute approximate surface area is 311 Å². The summed E-state index contributed by atoms with van der Waals surface area (Å²) in [5.41, 5.74) is 10.6. The third-order valence-electron chi connectivity index (χ3n) is 14.6. The molecule has 0 atom stereocenters. The van der Waals surface area contributed by atoms with Gasteiger partial charge in [0, 0.05) is 32.9 Å². The van der Waals surface area contributed by atoms with Gasteiger partial charge in [-0.25, -0.2) is 0 Å². The molecule has 0 saturated heterocycles. The van der Waals surface area contributed by atoms with E-state index in [1.54, 1.807) is 20.7 Å². The Morgan fingerprint density at radius 2 is 0.635 bits per heavy atom. The molecule has 52 heavy (non-hydrogen) atoms. The molecule has 6 heteroatoms. The van der Waals surface area contributed by atoms with Crippen LogP contribution in [0.4, 0.5) is 0 Å². The largest absolute Gasteiger partial charge is 0.309 e. The third-order valence-corrected chi connectivity index (χ3v) is 50.1. The highest BCUT2D eigenvalue weighted by atomic mass is 29.3. The fourth-order valence-electron chi connectivity index (χ4n) is 9.59. The molecule has 0 unspecified atom stereocenters. The minimum Gasteiger partial charge on any atom is -0.309 e. The molecule has 0 saturated carbocycles. The molecule has 0 amide bonds. The Bertz CT molecular complexity index is 2480. The van der Waals surface area contributed by atoms with Crippen LogP contribution >= 0.6 is 0 Å². The summed E-state index contributed by atoms with van der Waals surface area (Å²) in [5.74, 6) is 0. The second-order valence-electron chi connectivity index (χ2n) is 17.9. The quantitative estimate of drug-likeness (QED) is 0.137. The van der Waals surface area contributed by atoms with Gasteiger partial charge in [0.25, 0.3) is 0 Å². The van der Waals surface area contributed by atoms with Crippen LogP contribution < -0.4 is 20.7 Å². The summed E-state index contributed by atoms with van der Waals surface area (Å²) in [6.45, 7) is 21.3. The molecule has 0 fully saturated rings. The van der Waals surface area contributed by atoms with Gasteiger partial charge in [0.1, 0.15) is 0 Å². The highest BCUT2D eigenvalue weighted by Gasteiger charge is 2.46. The first-order valence-corrected chi connectivity index (χ1v) is 33.1. The van der Waals surface area contributed by atoms with Crippen molar-refractivity contribution in [3.63, 3.8) is 0 Å². The van der Waals surface area contributed by atoms with E-state index in [9.17, 15) is 0 Å². The van der Waals surface area contributed by atoms with Crippen LogP contribution in [0.2, 0.25) is 52.4 Å². The van der Waals surface area contributed by atoms with Gasteiger partial charge in [0.05, 0.1) is 52.4 Å². The van der Waals surface area contributed by atoms with Crippen LogP contribution in [0.25, 0.3) is 55.0 Å². The smallest absolute Gasteiger partial charge is 0.0791 e. The van der Waals surface area contributed by atoms with Crippen LogP contribution in [0.3, 0.4) is 0 Å². The zero-order chi connectivity index (χ0) is 35.9. The Hall–Kier alpha value is -4.21. The highest BCUT2D eigenvalue weighted by Crippen LogP contribution is 2.37. The molecule has 10 heterocycles. The van der Waals surface area contributed by atoms with Gasteiger partial charge in [0.15, 0.2) is 0 Å². The fraction of sp³-hybridized carbons (Fsp3) is 0.217. The number of aromatic nitrogens is 2. The topological polar surface area (TPSA) is 9.86 Å². The first-order chi connectivity index (χ1) is 24.8. The number of rotatable bonds is 0. The Morgan fingerprint density at radius 3 is 0.923 bits per heavy atom. The Morgan fingerprint density at radius 1 is 0.346 bits per heavy atom. The summed E-state index contributed by atoms with van der Waals surface area (Å²) < 4.78 is 5.13. The fourth-order valence-corrected chi connectivity index (χ4v) is 27.0. The van der Waals surface area contributed by atoms with Crippen molar-refractivity contribution in [2.24, 2.45) is 0 Å². The molecular formula is C46H48N2Si4. The van der Waals surface area contributed by atoms with Crippen molar-refractivity contribution in [1.82, 2.24) is 9.13 Å². The maximum Gasteiger partial charge on any atom is 0.0791 e. The van der Waals surface area contributed by atoms with Crippen LogP contribution in [0, 0.1) is 0 Å². The van der Waals surface area contributed by atoms with Crippen molar-refractivity contribution < 1.29 is 0 Å². The van der Waals surface area contributed by atoms with Crippen LogP contribution in [0.15, 0.2) is 121 Å². The van der Waals surface area contributed by atoms with Crippen LogP contribution in [0.1, 0.15) is 11.1 Å². The van der Waals surface area contributed by atoms with E-state index in [0.717, 1.165) is 12.8 Å². The zero-order valence-electron chi connectivity index (χ0n) is 31.9. The maximum absolute atomic E-state index is 2.66. The van der Waals surface area contributed by atoms with Crippen molar-refractivity contribution in [3.8, 4) is 11.4 Å². The van der Waals surface area contributed by atoms with Gasteiger partial charge in [-0.3, -0.25) is 0 Å². The number of benzene rings is 6. The lowest BCUT2D eigenvalue weighted by Crippen LogP contribution is -2.69. The summed E-state index contributed by atoms with van der Waals surface area (Å²) in [7, 11) is -7.86. The molecule has 258 valence electrons. The second kappa shape index (κ2) is 10.7. The average Bonchev–Trinajstić information content (AvgIpc) is 3.64. The summed E-state index contributed by atoms with van der Waals surface area (Å²) in [6, 6.07) is 49.3. The Balaban J connectivity index is 1.42. The third kappa shape index (κ3) is 4.26. The van der Waals surface area contributed by atoms with Crippen LogP contribution in [-0.4, -0.2) is 39.5 Å². The minimum absolute atomic E-state index is 1.00. The van der Waals surface area contributed by atoms with Gasteiger partial charge < -0.3 is 9.13 Å². The molecular weight excluding hydrogens is 693 g/mol. The van der Waals surface area contributed by atoms with Crippen molar-refractivity contribution in [2.75, 3.05) is 0 Å². The lowest BCUT2D eigenvalue weighted by molar-refractivity contribution is 0.953. The zero-order valence-corrected chi connectivity index (χ0v) is 35.9. The van der Waals surface area contributed by atoms with Crippen molar-refractivity contribution in [2.45, 2.75) is 65.2 Å². The molecule has 2 nitrogen and oxygen atoms in total. The van der Waals surface area contributed by atoms with E-state index in [0.29, 0.717) is 0 Å². The molecule has 8 aromatic rings. The Kier molecular flexibility index (Phi) is 6.67. The van der Waals surface area contributed by atoms with Gasteiger partial charge >= 0.3 is 0 Å². The molecule has 0 N–H and O–H groups in total. The average molecular weight is 741 g/mol. The van der Waals surface area contributed by atoms with Crippen molar-refractivity contribution in [3.05, 3.63) is 132 Å². The summed E-state index contributed by atoms with van der Waals surface area (Å²) in [5, 5.41) is 12.0. The lowest BCUT2D eigenvalue weighted by atomic mass is 10.0. The predicted molar refractivity (Wildman–Crippen MR) is 237 cm³/mol. The van der Waals surface area contributed by atoms with Gasteiger partial charge in [-0.1, -0.05) is 146 Å². The SMILES string of the molecule is C[Si]1(C)c2ccc3c(c2)c2cc4ccc2n3-c2cccc(c2)CCc2cccc(c2)-n2c3ccc(cc3c3cc(ccc32)[Si](C)(C)[Si]4(C)C)[Si]1(C)C. The van der Waals surface area contributed by atoms with E-state index < -0.39 is 30.4 Å². The molecule has 18 bridgehead atoms. The van der Waals surface area contributed by atoms with E-state index in [1.165, 1.54) is 66.1 Å². The first-order valence-electron chi connectivity index (χ1n) is 19.1. The number of hydrogen-bond acceptors (Lipinski definition) is 0. The van der Waals surface area contributed by atoms with E-state index in [1.807, 2.05) is 0 Å². The molecule has 0 aliphatic carbocycles. The second-order valence-corrected chi connectivity index (χ2v) is 48.2.